The van der Waals surface area contributed by atoms with Gasteiger partial charge in [-0.1, -0.05) is 6.07 Å². The second-order valence-electron chi connectivity index (χ2n) is 4.27. The molecular formula is C13H16BrN3OS. The van der Waals surface area contributed by atoms with Gasteiger partial charge in [0.15, 0.2) is 0 Å². The molecule has 102 valence electrons. The van der Waals surface area contributed by atoms with Crippen molar-refractivity contribution in [2.45, 2.75) is 19.4 Å². The fourth-order valence-corrected chi connectivity index (χ4v) is 2.89. The van der Waals surface area contributed by atoms with Crippen LogP contribution < -0.4 is 9.64 Å². The van der Waals surface area contributed by atoms with Crippen LogP contribution >= 0.6 is 27.3 Å². The van der Waals surface area contributed by atoms with E-state index >= 15 is 0 Å². The molecule has 0 bridgehead atoms. The zero-order chi connectivity index (χ0) is 13.8. The summed E-state index contributed by atoms with van der Waals surface area (Å²) in [6, 6.07) is 4.55. The number of thiophene rings is 1. The van der Waals surface area contributed by atoms with Crippen LogP contribution in [-0.4, -0.2) is 30.2 Å². The van der Waals surface area contributed by atoms with E-state index in [1.807, 2.05) is 7.05 Å². The average molecular weight is 342 g/mol. The summed E-state index contributed by atoms with van der Waals surface area (Å²) in [6.07, 6.45) is 2.70. The van der Waals surface area contributed by atoms with E-state index in [0.29, 0.717) is 17.9 Å². The number of methoxy groups -OCH3 is 1. The van der Waals surface area contributed by atoms with Crippen LogP contribution in [0.15, 0.2) is 28.2 Å². The SMILES string of the molecule is COc1nc(N(C)C(C)Cc2cccs2)ncc1Br. The summed E-state index contributed by atoms with van der Waals surface area (Å²) in [5.74, 6) is 1.23. The second-order valence-corrected chi connectivity index (χ2v) is 6.16. The lowest BCUT2D eigenvalue weighted by Gasteiger charge is -2.24. The highest BCUT2D eigenvalue weighted by molar-refractivity contribution is 9.10. The first kappa shape index (κ1) is 14.3. The lowest BCUT2D eigenvalue weighted by atomic mass is 10.2. The molecule has 0 radical (unpaired) electrons. The molecule has 0 amide bonds. The predicted octanol–water partition coefficient (Wildman–Crippen LogP) is 3.38. The Labute approximate surface area is 125 Å². The van der Waals surface area contributed by atoms with Gasteiger partial charge in [0.25, 0.3) is 0 Å². The van der Waals surface area contributed by atoms with E-state index in [1.165, 1.54) is 4.88 Å². The van der Waals surface area contributed by atoms with Crippen molar-refractivity contribution in [2.24, 2.45) is 0 Å². The Morgan fingerprint density at radius 3 is 2.95 bits per heavy atom. The van der Waals surface area contributed by atoms with Gasteiger partial charge in [0.1, 0.15) is 0 Å². The number of aromatic nitrogens is 2. The van der Waals surface area contributed by atoms with Crippen LogP contribution in [0.3, 0.4) is 0 Å². The number of halogens is 1. The molecular weight excluding hydrogens is 326 g/mol. The minimum absolute atomic E-state index is 0.324. The Morgan fingerprint density at radius 2 is 2.32 bits per heavy atom. The molecule has 4 nitrogen and oxygen atoms in total. The Hall–Kier alpha value is -1.14. The molecule has 0 saturated carbocycles. The molecule has 1 unspecified atom stereocenters. The molecule has 1 atom stereocenters. The van der Waals surface area contributed by atoms with Gasteiger partial charge in [0, 0.05) is 24.4 Å². The van der Waals surface area contributed by atoms with Gasteiger partial charge in [-0.05, 0) is 34.3 Å². The van der Waals surface area contributed by atoms with E-state index in [-0.39, 0.29) is 0 Å². The first-order chi connectivity index (χ1) is 9.11. The number of anilines is 1. The van der Waals surface area contributed by atoms with Crippen molar-refractivity contribution in [1.29, 1.82) is 0 Å². The zero-order valence-corrected chi connectivity index (χ0v) is 13.5. The minimum Gasteiger partial charge on any atom is -0.480 e. The molecule has 0 aromatic carbocycles. The molecule has 19 heavy (non-hydrogen) atoms. The standard InChI is InChI=1S/C13H16BrN3OS/c1-9(7-10-5-4-6-19-10)17(2)13-15-8-11(14)12(16-13)18-3/h4-6,8-9H,7H2,1-3H3. The highest BCUT2D eigenvalue weighted by Crippen LogP contribution is 2.24. The third-order valence-corrected chi connectivity index (χ3v) is 4.39. The Morgan fingerprint density at radius 1 is 1.53 bits per heavy atom. The Kier molecular flexibility index (Phi) is 4.76. The highest BCUT2D eigenvalue weighted by atomic mass is 79.9. The van der Waals surface area contributed by atoms with Gasteiger partial charge in [-0.3, -0.25) is 0 Å². The highest BCUT2D eigenvalue weighted by Gasteiger charge is 2.15. The maximum absolute atomic E-state index is 5.20. The number of rotatable bonds is 5. The van der Waals surface area contributed by atoms with E-state index < -0.39 is 0 Å². The van der Waals surface area contributed by atoms with Gasteiger partial charge >= 0.3 is 0 Å². The summed E-state index contributed by atoms with van der Waals surface area (Å²) < 4.78 is 5.96. The third-order valence-electron chi connectivity index (χ3n) is 2.95. The van der Waals surface area contributed by atoms with Crippen molar-refractivity contribution >= 4 is 33.2 Å². The van der Waals surface area contributed by atoms with Crippen molar-refractivity contribution in [2.75, 3.05) is 19.1 Å². The summed E-state index contributed by atoms with van der Waals surface area (Å²) in [6.45, 7) is 2.16. The van der Waals surface area contributed by atoms with Crippen LogP contribution in [0, 0.1) is 0 Å². The van der Waals surface area contributed by atoms with E-state index in [0.717, 1.165) is 10.9 Å². The van der Waals surface area contributed by atoms with Crippen LogP contribution in [0.4, 0.5) is 5.95 Å². The molecule has 0 saturated heterocycles. The van der Waals surface area contributed by atoms with Crippen LogP contribution in [0.1, 0.15) is 11.8 Å². The molecule has 2 rings (SSSR count). The summed E-state index contributed by atoms with van der Waals surface area (Å²) in [5.41, 5.74) is 0. The number of hydrogen-bond acceptors (Lipinski definition) is 5. The molecule has 0 aliphatic rings. The quantitative estimate of drug-likeness (QED) is 0.835. The van der Waals surface area contributed by atoms with Crippen molar-refractivity contribution in [3.63, 3.8) is 0 Å². The lowest BCUT2D eigenvalue weighted by Crippen LogP contribution is -2.32. The average Bonchev–Trinajstić information content (AvgIpc) is 2.91. The van der Waals surface area contributed by atoms with Gasteiger partial charge in [0.2, 0.25) is 11.8 Å². The largest absolute Gasteiger partial charge is 0.480 e. The van der Waals surface area contributed by atoms with Crippen LogP contribution in [0.2, 0.25) is 0 Å². The number of nitrogens with zero attached hydrogens (tertiary/aromatic N) is 3. The molecule has 2 aromatic heterocycles. The van der Waals surface area contributed by atoms with Gasteiger partial charge in [-0.15, -0.1) is 11.3 Å². The monoisotopic (exact) mass is 341 g/mol. The maximum Gasteiger partial charge on any atom is 0.232 e. The van der Waals surface area contributed by atoms with Crippen molar-refractivity contribution < 1.29 is 4.74 Å². The molecule has 2 aromatic rings. The first-order valence-electron chi connectivity index (χ1n) is 5.93. The predicted molar refractivity (Wildman–Crippen MR) is 82.2 cm³/mol. The maximum atomic E-state index is 5.20. The van der Waals surface area contributed by atoms with Crippen molar-refractivity contribution in [1.82, 2.24) is 9.97 Å². The van der Waals surface area contributed by atoms with Crippen LogP contribution in [-0.2, 0) is 6.42 Å². The van der Waals surface area contributed by atoms with Gasteiger partial charge in [-0.25, -0.2) is 4.98 Å². The molecule has 2 heterocycles. The fourth-order valence-electron chi connectivity index (χ4n) is 1.71. The lowest BCUT2D eigenvalue weighted by molar-refractivity contribution is 0.393. The first-order valence-corrected chi connectivity index (χ1v) is 7.61. The summed E-state index contributed by atoms with van der Waals surface area (Å²) >= 11 is 5.13. The number of likely N-dealkylation sites (N-methyl/N-ethyl adjacent to an activating group) is 1. The summed E-state index contributed by atoms with van der Waals surface area (Å²) in [5, 5.41) is 2.10. The minimum atomic E-state index is 0.324. The van der Waals surface area contributed by atoms with Crippen LogP contribution in [0.25, 0.3) is 0 Å². The van der Waals surface area contributed by atoms with E-state index in [1.54, 1.807) is 24.6 Å². The molecule has 0 spiro atoms. The van der Waals surface area contributed by atoms with Gasteiger partial charge in [0.05, 0.1) is 17.8 Å². The zero-order valence-electron chi connectivity index (χ0n) is 11.1. The van der Waals surface area contributed by atoms with Crippen molar-refractivity contribution in [3.05, 3.63) is 33.1 Å². The summed E-state index contributed by atoms with van der Waals surface area (Å²) in [7, 11) is 3.60. The number of hydrogen-bond donors (Lipinski definition) is 0. The molecule has 0 aliphatic heterocycles. The molecule has 0 N–H and O–H groups in total. The third kappa shape index (κ3) is 3.45. The van der Waals surface area contributed by atoms with Crippen molar-refractivity contribution in [3.8, 4) is 5.88 Å². The van der Waals surface area contributed by atoms with E-state index in [2.05, 4.69) is 55.2 Å². The van der Waals surface area contributed by atoms with Crippen LogP contribution in [0.5, 0.6) is 5.88 Å². The van der Waals surface area contributed by atoms with Gasteiger partial charge < -0.3 is 9.64 Å². The number of ether oxygens (including phenoxy) is 1. The smallest absolute Gasteiger partial charge is 0.232 e. The molecule has 6 heteroatoms. The Balaban J connectivity index is 2.12. The topological polar surface area (TPSA) is 38.2 Å². The van der Waals surface area contributed by atoms with E-state index in [4.69, 9.17) is 4.74 Å². The fraction of sp³-hybridized carbons (Fsp3) is 0.385. The molecule has 0 aliphatic carbocycles. The normalized spacial score (nSPS) is 12.2. The summed E-state index contributed by atoms with van der Waals surface area (Å²) in [4.78, 5) is 12.1. The van der Waals surface area contributed by atoms with E-state index in [9.17, 15) is 0 Å². The van der Waals surface area contributed by atoms with Gasteiger partial charge in [-0.2, -0.15) is 4.98 Å². The Bertz CT molecular complexity index is 533. The molecule has 0 fully saturated rings. The second kappa shape index (κ2) is 6.34.